The molecule has 2 rings (SSSR count). The molecular weight excluding hydrogens is 270 g/mol. The van der Waals surface area contributed by atoms with Crippen LogP contribution in [0.3, 0.4) is 0 Å². The fraction of sp³-hybridized carbons (Fsp3) is 0.312. The largest absolute Gasteiger partial charge is 0.384 e. The highest BCUT2D eigenvalue weighted by Gasteiger charge is 2.25. The zero-order valence-electron chi connectivity index (χ0n) is 11.9. The summed E-state index contributed by atoms with van der Waals surface area (Å²) in [7, 11) is 0. The average molecular weight is 289 g/mol. The molecule has 0 aliphatic rings. The molecule has 0 aliphatic heterocycles. The molecule has 1 atom stereocenters. The standard InChI is InChI=1S/C16H19NO2S/c1-11-5-4-6-12(2)14(11)15(18)17-10-16(3,19)13-7-8-20-9-13/h4-9,19H,10H2,1-3H3,(H,17,18). The molecule has 0 aliphatic carbocycles. The summed E-state index contributed by atoms with van der Waals surface area (Å²) in [5.41, 5.74) is 2.35. The number of aryl methyl sites for hydroxylation is 2. The van der Waals surface area contributed by atoms with E-state index < -0.39 is 5.60 Å². The Morgan fingerprint density at radius 2 is 1.95 bits per heavy atom. The Kier molecular flexibility index (Phi) is 4.26. The number of amides is 1. The van der Waals surface area contributed by atoms with Gasteiger partial charge in [-0.15, -0.1) is 0 Å². The SMILES string of the molecule is Cc1cccc(C)c1C(=O)NCC(C)(O)c1ccsc1. The minimum atomic E-state index is -1.05. The van der Waals surface area contributed by atoms with Gasteiger partial charge in [0.05, 0.1) is 6.54 Å². The molecule has 2 N–H and O–H groups in total. The summed E-state index contributed by atoms with van der Waals surface area (Å²) in [6, 6.07) is 7.64. The Morgan fingerprint density at radius 1 is 1.30 bits per heavy atom. The van der Waals surface area contributed by atoms with Crippen molar-refractivity contribution in [2.45, 2.75) is 26.4 Å². The lowest BCUT2D eigenvalue weighted by atomic mass is 9.98. The zero-order valence-corrected chi connectivity index (χ0v) is 12.8. The van der Waals surface area contributed by atoms with E-state index in [1.165, 1.54) is 11.3 Å². The molecule has 1 heterocycles. The quantitative estimate of drug-likeness (QED) is 0.909. The van der Waals surface area contributed by atoms with E-state index in [4.69, 9.17) is 0 Å². The van der Waals surface area contributed by atoms with Crippen molar-refractivity contribution in [2.24, 2.45) is 0 Å². The van der Waals surface area contributed by atoms with Gasteiger partial charge in [-0.3, -0.25) is 4.79 Å². The predicted molar refractivity (Wildman–Crippen MR) is 82.1 cm³/mol. The fourth-order valence-corrected chi connectivity index (χ4v) is 2.97. The van der Waals surface area contributed by atoms with Crippen LogP contribution >= 0.6 is 11.3 Å². The van der Waals surface area contributed by atoms with Crippen LogP contribution in [0.1, 0.15) is 34.0 Å². The first-order valence-electron chi connectivity index (χ1n) is 6.51. The molecule has 0 bridgehead atoms. The second kappa shape index (κ2) is 5.77. The van der Waals surface area contributed by atoms with Gasteiger partial charge in [0.1, 0.15) is 5.60 Å². The molecule has 0 saturated heterocycles. The van der Waals surface area contributed by atoms with E-state index in [1.54, 1.807) is 6.92 Å². The third-order valence-electron chi connectivity index (χ3n) is 3.44. The van der Waals surface area contributed by atoms with Crippen molar-refractivity contribution in [3.8, 4) is 0 Å². The molecule has 20 heavy (non-hydrogen) atoms. The molecule has 1 aromatic heterocycles. The van der Waals surface area contributed by atoms with Crippen LogP contribution in [-0.2, 0) is 5.60 Å². The van der Waals surface area contributed by atoms with Gasteiger partial charge < -0.3 is 10.4 Å². The normalized spacial score (nSPS) is 13.8. The number of rotatable bonds is 4. The summed E-state index contributed by atoms with van der Waals surface area (Å²) < 4.78 is 0. The first kappa shape index (κ1) is 14.8. The van der Waals surface area contributed by atoms with Gasteiger partial charge in [0.15, 0.2) is 0 Å². The number of hydrogen-bond acceptors (Lipinski definition) is 3. The van der Waals surface area contributed by atoms with Gasteiger partial charge in [0.25, 0.3) is 5.91 Å². The van der Waals surface area contributed by atoms with Gasteiger partial charge in [-0.2, -0.15) is 11.3 Å². The van der Waals surface area contributed by atoms with Crippen LogP contribution in [0.2, 0.25) is 0 Å². The third-order valence-corrected chi connectivity index (χ3v) is 4.13. The first-order valence-corrected chi connectivity index (χ1v) is 7.45. The highest BCUT2D eigenvalue weighted by Crippen LogP contribution is 2.22. The van der Waals surface area contributed by atoms with E-state index in [2.05, 4.69) is 5.32 Å². The maximum atomic E-state index is 12.3. The molecule has 1 aromatic carbocycles. The summed E-state index contributed by atoms with van der Waals surface area (Å²) in [5, 5.41) is 17.0. The van der Waals surface area contributed by atoms with E-state index in [-0.39, 0.29) is 12.5 Å². The van der Waals surface area contributed by atoms with Gasteiger partial charge in [-0.1, -0.05) is 18.2 Å². The summed E-state index contributed by atoms with van der Waals surface area (Å²) in [6.07, 6.45) is 0. The van der Waals surface area contributed by atoms with Gasteiger partial charge in [0, 0.05) is 5.56 Å². The molecule has 2 aromatic rings. The number of nitrogens with one attached hydrogen (secondary N) is 1. The topological polar surface area (TPSA) is 49.3 Å². The molecule has 4 heteroatoms. The van der Waals surface area contributed by atoms with E-state index >= 15 is 0 Å². The maximum Gasteiger partial charge on any atom is 0.251 e. The van der Waals surface area contributed by atoms with E-state index in [1.807, 2.05) is 48.9 Å². The fourth-order valence-electron chi connectivity index (χ4n) is 2.19. The van der Waals surface area contributed by atoms with E-state index in [9.17, 15) is 9.90 Å². The van der Waals surface area contributed by atoms with Crippen molar-refractivity contribution in [1.29, 1.82) is 0 Å². The van der Waals surface area contributed by atoms with Crippen molar-refractivity contribution < 1.29 is 9.90 Å². The van der Waals surface area contributed by atoms with Crippen molar-refractivity contribution in [3.05, 3.63) is 57.3 Å². The van der Waals surface area contributed by atoms with Gasteiger partial charge in [-0.05, 0) is 54.3 Å². The highest BCUT2D eigenvalue weighted by molar-refractivity contribution is 7.08. The monoisotopic (exact) mass is 289 g/mol. The summed E-state index contributed by atoms with van der Waals surface area (Å²) in [5.74, 6) is -0.142. The van der Waals surface area contributed by atoms with Crippen molar-refractivity contribution in [2.75, 3.05) is 6.54 Å². The van der Waals surface area contributed by atoms with Crippen LogP contribution in [0.4, 0.5) is 0 Å². The van der Waals surface area contributed by atoms with Gasteiger partial charge in [-0.25, -0.2) is 0 Å². The van der Waals surface area contributed by atoms with Crippen LogP contribution in [-0.4, -0.2) is 17.6 Å². The molecular formula is C16H19NO2S. The second-order valence-electron chi connectivity index (χ2n) is 5.24. The van der Waals surface area contributed by atoms with Crippen molar-refractivity contribution in [1.82, 2.24) is 5.32 Å². The van der Waals surface area contributed by atoms with E-state index in [0.717, 1.165) is 16.7 Å². The van der Waals surface area contributed by atoms with Crippen LogP contribution in [0, 0.1) is 13.8 Å². The minimum absolute atomic E-state index is 0.142. The minimum Gasteiger partial charge on any atom is -0.384 e. The number of hydrogen-bond donors (Lipinski definition) is 2. The van der Waals surface area contributed by atoms with E-state index in [0.29, 0.717) is 5.56 Å². The summed E-state index contributed by atoms with van der Waals surface area (Å²) in [4.78, 5) is 12.3. The lowest BCUT2D eigenvalue weighted by Gasteiger charge is -2.23. The molecule has 0 spiro atoms. The number of carbonyl (C=O) groups is 1. The number of aliphatic hydroxyl groups is 1. The first-order chi connectivity index (χ1) is 9.42. The van der Waals surface area contributed by atoms with Crippen LogP contribution in [0.25, 0.3) is 0 Å². The third kappa shape index (κ3) is 3.08. The maximum absolute atomic E-state index is 12.3. The Labute approximate surface area is 123 Å². The van der Waals surface area contributed by atoms with Gasteiger partial charge in [0.2, 0.25) is 0 Å². The molecule has 0 saturated carbocycles. The van der Waals surface area contributed by atoms with Crippen LogP contribution in [0.15, 0.2) is 35.0 Å². The van der Waals surface area contributed by atoms with Crippen LogP contribution in [0.5, 0.6) is 0 Å². The second-order valence-corrected chi connectivity index (χ2v) is 6.02. The molecule has 0 fully saturated rings. The van der Waals surface area contributed by atoms with Crippen LogP contribution < -0.4 is 5.32 Å². The lowest BCUT2D eigenvalue weighted by molar-refractivity contribution is 0.0529. The molecule has 3 nitrogen and oxygen atoms in total. The molecule has 1 unspecified atom stereocenters. The van der Waals surface area contributed by atoms with Crippen molar-refractivity contribution in [3.63, 3.8) is 0 Å². The zero-order chi connectivity index (χ0) is 14.8. The average Bonchev–Trinajstić information content (AvgIpc) is 2.91. The molecule has 0 radical (unpaired) electrons. The Balaban J connectivity index is 2.10. The summed E-state index contributed by atoms with van der Waals surface area (Å²) in [6.45, 7) is 5.73. The number of benzene rings is 1. The number of thiophene rings is 1. The molecule has 1 amide bonds. The predicted octanol–water partition coefficient (Wildman–Crippen LogP) is 3.00. The molecule has 106 valence electrons. The summed E-state index contributed by atoms with van der Waals surface area (Å²) >= 11 is 1.53. The highest BCUT2D eigenvalue weighted by atomic mass is 32.1. The van der Waals surface area contributed by atoms with Gasteiger partial charge >= 0.3 is 0 Å². The Morgan fingerprint density at radius 3 is 2.50 bits per heavy atom. The smallest absolute Gasteiger partial charge is 0.251 e. The van der Waals surface area contributed by atoms with Crippen molar-refractivity contribution >= 4 is 17.2 Å². The Bertz CT molecular complexity index is 583. The Hall–Kier alpha value is -1.65. The lowest BCUT2D eigenvalue weighted by Crippen LogP contribution is -2.38. The number of carbonyl (C=O) groups excluding carboxylic acids is 1.